The lowest BCUT2D eigenvalue weighted by molar-refractivity contribution is -0.124. The average Bonchev–Trinajstić information content (AvgIpc) is 2.82. The summed E-state index contributed by atoms with van der Waals surface area (Å²) in [5, 5.41) is 0. The number of fused-ring (bicyclic) bond motifs is 4. The summed E-state index contributed by atoms with van der Waals surface area (Å²) < 4.78 is 5.38. The molecule has 114 valence electrons. The summed E-state index contributed by atoms with van der Waals surface area (Å²) in [5.74, 6) is 1.82. The molecule has 0 heterocycles. The molecule has 0 aromatic heterocycles. The van der Waals surface area contributed by atoms with Crippen molar-refractivity contribution >= 4 is 11.4 Å². The number of methoxy groups -OCH3 is 1. The molecule has 4 rings (SSSR count). The van der Waals surface area contributed by atoms with Gasteiger partial charge >= 0.3 is 0 Å². The second-order valence-corrected chi connectivity index (χ2v) is 7.10. The molecule has 0 bridgehead atoms. The molecule has 0 radical (unpaired) electrons. The third-order valence-electron chi connectivity index (χ3n) is 5.85. The topological polar surface area (TPSA) is 26.3 Å². The summed E-state index contributed by atoms with van der Waals surface area (Å²) in [6.45, 7) is 4.45. The Labute approximate surface area is 131 Å². The van der Waals surface area contributed by atoms with E-state index in [9.17, 15) is 4.79 Å². The first-order valence-corrected chi connectivity index (χ1v) is 8.19. The highest BCUT2D eigenvalue weighted by molar-refractivity contribution is 5.96. The third kappa shape index (κ3) is 1.70. The van der Waals surface area contributed by atoms with Crippen molar-refractivity contribution in [3.63, 3.8) is 0 Å². The highest BCUT2D eigenvalue weighted by Crippen LogP contribution is 2.55. The van der Waals surface area contributed by atoms with Gasteiger partial charge in [0, 0.05) is 6.42 Å². The first-order valence-electron chi connectivity index (χ1n) is 8.19. The Kier molecular flexibility index (Phi) is 2.87. The lowest BCUT2D eigenvalue weighted by Crippen LogP contribution is -2.32. The van der Waals surface area contributed by atoms with Crippen LogP contribution in [0, 0.1) is 11.3 Å². The number of carbonyl (C=O) groups excluding carboxylic acids is 1. The van der Waals surface area contributed by atoms with Crippen molar-refractivity contribution in [1.29, 1.82) is 0 Å². The maximum absolute atomic E-state index is 12.3. The van der Waals surface area contributed by atoms with Gasteiger partial charge in [0.25, 0.3) is 0 Å². The largest absolute Gasteiger partial charge is 0.497 e. The van der Waals surface area contributed by atoms with Gasteiger partial charge in [-0.1, -0.05) is 19.1 Å². The Balaban J connectivity index is 1.89. The third-order valence-corrected chi connectivity index (χ3v) is 5.85. The van der Waals surface area contributed by atoms with Gasteiger partial charge < -0.3 is 4.74 Å². The number of benzene rings is 1. The molecule has 1 aromatic rings. The van der Waals surface area contributed by atoms with Gasteiger partial charge in [0.2, 0.25) is 0 Å². The van der Waals surface area contributed by atoms with Crippen LogP contribution in [0.1, 0.15) is 44.2 Å². The number of rotatable bonds is 1. The minimum atomic E-state index is -0.225. The van der Waals surface area contributed by atoms with Crippen LogP contribution in [-0.4, -0.2) is 12.9 Å². The monoisotopic (exact) mass is 294 g/mol. The van der Waals surface area contributed by atoms with E-state index in [1.54, 1.807) is 7.11 Å². The number of Topliss-reactive ketones (excluding diaryl/α,β-unsaturated/α-hetero) is 1. The molecule has 0 unspecified atom stereocenters. The molecule has 0 N–H and O–H groups in total. The molecular weight excluding hydrogens is 272 g/mol. The van der Waals surface area contributed by atoms with E-state index in [4.69, 9.17) is 4.74 Å². The predicted molar refractivity (Wildman–Crippen MR) is 87.8 cm³/mol. The van der Waals surface area contributed by atoms with Crippen LogP contribution in [-0.2, 0) is 11.2 Å². The van der Waals surface area contributed by atoms with Gasteiger partial charge in [0.1, 0.15) is 11.5 Å². The maximum atomic E-state index is 12.3. The van der Waals surface area contributed by atoms with Crippen LogP contribution in [0.4, 0.5) is 0 Å². The first kappa shape index (κ1) is 13.8. The van der Waals surface area contributed by atoms with Gasteiger partial charge in [-0.3, -0.25) is 4.79 Å². The molecule has 2 nitrogen and oxygen atoms in total. The van der Waals surface area contributed by atoms with Gasteiger partial charge in [-0.2, -0.15) is 0 Å². The van der Waals surface area contributed by atoms with E-state index in [0.29, 0.717) is 18.1 Å². The fourth-order valence-electron chi connectivity index (χ4n) is 4.58. The van der Waals surface area contributed by atoms with E-state index in [1.165, 1.54) is 27.8 Å². The zero-order valence-corrected chi connectivity index (χ0v) is 13.5. The van der Waals surface area contributed by atoms with Crippen molar-refractivity contribution in [2.45, 2.75) is 39.5 Å². The number of allylic oxidation sites excluding steroid dienone is 4. The summed E-state index contributed by atoms with van der Waals surface area (Å²) in [6, 6.07) is 6.44. The molecule has 3 aliphatic rings. The minimum absolute atomic E-state index is 0.225. The zero-order chi connectivity index (χ0) is 15.5. The molecule has 0 saturated carbocycles. The van der Waals surface area contributed by atoms with Crippen molar-refractivity contribution in [3.8, 4) is 5.75 Å². The summed E-state index contributed by atoms with van der Waals surface area (Å²) in [5.41, 5.74) is 6.78. The van der Waals surface area contributed by atoms with Crippen LogP contribution >= 0.6 is 0 Å². The standard InChI is InChI=1S/C20H22O2/c1-12-10-13-11-14(22-3)4-5-15(13)16-8-9-20(2)17(19(12)16)6-7-18(20)21/h4-6,11-12H,7-10H2,1-3H3/t12-,20+/m1/s1. The maximum Gasteiger partial charge on any atom is 0.146 e. The van der Waals surface area contributed by atoms with Crippen molar-refractivity contribution in [2.24, 2.45) is 11.3 Å². The van der Waals surface area contributed by atoms with Crippen LogP contribution in [0.25, 0.3) is 5.57 Å². The molecule has 0 aliphatic heterocycles. The highest BCUT2D eigenvalue weighted by atomic mass is 16.5. The second kappa shape index (κ2) is 4.58. The fraction of sp³-hybridized carbons (Fsp3) is 0.450. The number of hydrogen-bond acceptors (Lipinski definition) is 2. The molecule has 0 amide bonds. The quantitative estimate of drug-likeness (QED) is 0.770. The smallest absolute Gasteiger partial charge is 0.146 e. The van der Waals surface area contributed by atoms with E-state index in [-0.39, 0.29) is 5.41 Å². The Morgan fingerprint density at radius 1 is 1.32 bits per heavy atom. The van der Waals surface area contributed by atoms with Gasteiger partial charge in [-0.15, -0.1) is 0 Å². The lowest BCUT2D eigenvalue weighted by Gasteiger charge is -2.40. The van der Waals surface area contributed by atoms with Crippen LogP contribution in [0.3, 0.4) is 0 Å². The van der Waals surface area contributed by atoms with E-state index < -0.39 is 0 Å². The zero-order valence-electron chi connectivity index (χ0n) is 13.5. The Hall–Kier alpha value is -1.83. The summed E-state index contributed by atoms with van der Waals surface area (Å²) in [4.78, 5) is 12.3. The number of ketones is 1. The van der Waals surface area contributed by atoms with Crippen LogP contribution in [0.2, 0.25) is 0 Å². The van der Waals surface area contributed by atoms with Crippen LogP contribution < -0.4 is 4.74 Å². The lowest BCUT2D eigenvalue weighted by atomic mass is 9.63. The summed E-state index contributed by atoms with van der Waals surface area (Å²) >= 11 is 0. The molecule has 2 heteroatoms. The van der Waals surface area contributed by atoms with Gasteiger partial charge in [-0.05, 0) is 72.1 Å². The summed E-state index contributed by atoms with van der Waals surface area (Å²) in [7, 11) is 1.72. The number of ether oxygens (including phenoxy) is 1. The van der Waals surface area contributed by atoms with Gasteiger partial charge in [-0.25, -0.2) is 0 Å². The van der Waals surface area contributed by atoms with Gasteiger partial charge in [0.15, 0.2) is 0 Å². The van der Waals surface area contributed by atoms with E-state index in [1.807, 2.05) is 0 Å². The Morgan fingerprint density at radius 2 is 2.14 bits per heavy atom. The Morgan fingerprint density at radius 3 is 2.91 bits per heavy atom. The van der Waals surface area contributed by atoms with E-state index >= 15 is 0 Å². The van der Waals surface area contributed by atoms with E-state index in [2.05, 4.69) is 38.1 Å². The van der Waals surface area contributed by atoms with E-state index in [0.717, 1.165) is 25.0 Å². The van der Waals surface area contributed by atoms with Crippen molar-refractivity contribution in [2.75, 3.05) is 7.11 Å². The van der Waals surface area contributed by atoms with Crippen molar-refractivity contribution in [3.05, 3.63) is 46.5 Å². The highest BCUT2D eigenvalue weighted by Gasteiger charge is 2.46. The minimum Gasteiger partial charge on any atom is -0.497 e. The van der Waals surface area contributed by atoms with Crippen molar-refractivity contribution in [1.82, 2.24) is 0 Å². The van der Waals surface area contributed by atoms with Gasteiger partial charge in [0.05, 0.1) is 12.5 Å². The van der Waals surface area contributed by atoms with Crippen LogP contribution in [0.5, 0.6) is 5.75 Å². The molecule has 3 aliphatic carbocycles. The second-order valence-electron chi connectivity index (χ2n) is 7.10. The van der Waals surface area contributed by atoms with Crippen LogP contribution in [0.15, 0.2) is 35.4 Å². The SMILES string of the molecule is COc1ccc2c(c1)C[C@@H](C)C1=C2CC[C@]2(C)C(=O)CC=C12. The molecule has 0 fully saturated rings. The fourth-order valence-corrected chi connectivity index (χ4v) is 4.58. The molecule has 0 saturated heterocycles. The van der Waals surface area contributed by atoms with Crippen molar-refractivity contribution < 1.29 is 9.53 Å². The Bertz CT molecular complexity index is 738. The average molecular weight is 294 g/mol. The predicted octanol–water partition coefficient (Wildman–Crippen LogP) is 4.34. The summed E-state index contributed by atoms with van der Waals surface area (Å²) in [6.07, 6.45) is 5.81. The normalized spacial score (nSPS) is 29.7. The molecule has 2 atom stereocenters. The number of carbonyl (C=O) groups is 1. The molecule has 0 spiro atoms. The first-order chi connectivity index (χ1) is 10.5. The molecular formula is C20H22O2. The molecule has 1 aromatic carbocycles. The molecule has 22 heavy (non-hydrogen) atoms. The number of hydrogen-bond donors (Lipinski definition) is 0.